The van der Waals surface area contributed by atoms with Gasteiger partial charge in [0.1, 0.15) is 24.4 Å². The highest BCUT2D eigenvalue weighted by Gasteiger charge is 2.57. The summed E-state index contributed by atoms with van der Waals surface area (Å²) < 4.78 is 11.6. The van der Waals surface area contributed by atoms with Gasteiger partial charge in [-0.05, 0) is 19.1 Å². The molecule has 0 aliphatic carbocycles. The highest BCUT2D eigenvalue weighted by atomic mass is 16.7. The molecule has 1 aromatic rings. The van der Waals surface area contributed by atoms with E-state index in [1.165, 1.54) is 19.9 Å². The molecule has 0 bridgehead atoms. The van der Waals surface area contributed by atoms with E-state index in [0.29, 0.717) is 0 Å². The quantitative estimate of drug-likeness (QED) is 0.100. The number of rotatable bonds is 13. The Morgan fingerprint density at radius 2 is 1.68 bits per heavy atom. The van der Waals surface area contributed by atoms with Crippen LogP contribution in [0.3, 0.4) is 0 Å². The third kappa shape index (κ3) is 8.56. The molecule has 1 fully saturated rings. The van der Waals surface area contributed by atoms with E-state index in [9.17, 15) is 44.7 Å². The van der Waals surface area contributed by atoms with Crippen molar-refractivity contribution in [3.8, 4) is 0 Å². The Bertz CT molecular complexity index is 1090. The van der Waals surface area contributed by atoms with E-state index < -0.39 is 84.9 Å². The minimum absolute atomic E-state index is 0.124. The standard InChI is InChI=1S/C25H39N5O11/c1-11(32)19(29-13(3)34)21(17(28-12(2)33)9-27-16-8-6-5-7-15(16)23(26)38)41-24-25(39,30-14(4)35)22(37)20(36)18(10-31)40-24/h5-8,11,17-22,24,27,31-32,36-37,39H,9-10H2,1-4H3,(H2,26,38)(H,28,33)(H,29,34)(H,30,35)/t11-,17+,18-,19-,20-,21-,22+,24-,25-/m1/s1. The van der Waals surface area contributed by atoms with Crippen LogP contribution in [-0.4, -0.2) is 117 Å². The van der Waals surface area contributed by atoms with Crippen LogP contribution in [0.5, 0.6) is 0 Å². The second kappa shape index (κ2) is 14.5. The normalized spacial score (nSPS) is 27.0. The van der Waals surface area contributed by atoms with Crippen molar-refractivity contribution in [2.45, 2.75) is 82.3 Å². The Morgan fingerprint density at radius 1 is 1.07 bits per heavy atom. The number of aliphatic hydroxyl groups is 5. The monoisotopic (exact) mass is 585 g/mol. The molecular weight excluding hydrogens is 546 g/mol. The molecule has 0 unspecified atom stereocenters. The Balaban J connectivity index is 2.60. The Morgan fingerprint density at radius 3 is 2.20 bits per heavy atom. The largest absolute Gasteiger partial charge is 0.394 e. The van der Waals surface area contributed by atoms with Crippen molar-refractivity contribution < 1.29 is 54.2 Å². The molecule has 1 heterocycles. The Labute approximate surface area is 236 Å². The fourth-order valence-electron chi connectivity index (χ4n) is 4.51. The maximum absolute atomic E-state index is 12.3. The molecule has 16 nitrogen and oxygen atoms in total. The first kappa shape index (κ1) is 33.8. The minimum atomic E-state index is -2.79. The van der Waals surface area contributed by atoms with E-state index in [4.69, 9.17) is 15.2 Å². The lowest BCUT2D eigenvalue weighted by molar-refractivity contribution is -0.359. The van der Waals surface area contributed by atoms with Gasteiger partial charge in [0, 0.05) is 33.0 Å². The molecule has 9 atom stereocenters. The minimum Gasteiger partial charge on any atom is -0.394 e. The predicted molar refractivity (Wildman–Crippen MR) is 142 cm³/mol. The first-order valence-corrected chi connectivity index (χ1v) is 12.8. The molecule has 0 spiro atoms. The van der Waals surface area contributed by atoms with Gasteiger partial charge in [0.2, 0.25) is 29.7 Å². The number of carbonyl (C=O) groups excluding carboxylic acids is 4. The van der Waals surface area contributed by atoms with Crippen LogP contribution in [0.4, 0.5) is 5.69 Å². The maximum Gasteiger partial charge on any atom is 0.250 e. The smallest absolute Gasteiger partial charge is 0.250 e. The lowest BCUT2D eigenvalue weighted by Gasteiger charge is -2.49. The summed E-state index contributed by atoms with van der Waals surface area (Å²) in [6, 6.07) is 3.75. The number of nitrogens with two attached hydrogens (primary N) is 1. The summed E-state index contributed by atoms with van der Waals surface area (Å²) in [5.74, 6) is -2.78. The van der Waals surface area contributed by atoms with E-state index in [1.54, 1.807) is 18.2 Å². The number of benzene rings is 1. The van der Waals surface area contributed by atoms with Crippen molar-refractivity contribution in [1.82, 2.24) is 16.0 Å². The zero-order valence-electron chi connectivity index (χ0n) is 23.1. The summed E-state index contributed by atoms with van der Waals surface area (Å²) in [5, 5.41) is 62.8. The molecule has 0 saturated carbocycles. The average molecular weight is 586 g/mol. The van der Waals surface area contributed by atoms with Crippen molar-refractivity contribution >= 4 is 29.3 Å². The molecular formula is C25H39N5O11. The van der Waals surface area contributed by atoms with Crippen LogP contribution in [0.25, 0.3) is 0 Å². The van der Waals surface area contributed by atoms with Gasteiger partial charge in [-0.2, -0.15) is 0 Å². The summed E-state index contributed by atoms with van der Waals surface area (Å²) in [6.45, 7) is 3.63. The Hall–Kier alpha value is -3.38. The summed E-state index contributed by atoms with van der Waals surface area (Å²) in [7, 11) is 0. The molecule has 2 rings (SSSR count). The number of primary amides is 1. The van der Waals surface area contributed by atoms with E-state index in [0.717, 1.165) is 13.8 Å². The number of amides is 4. The van der Waals surface area contributed by atoms with Gasteiger partial charge in [0.15, 0.2) is 0 Å². The van der Waals surface area contributed by atoms with Crippen molar-refractivity contribution in [3.63, 3.8) is 0 Å². The molecule has 41 heavy (non-hydrogen) atoms. The van der Waals surface area contributed by atoms with Crippen LogP contribution in [-0.2, 0) is 23.9 Å². The first-order chi connectivity index (χ1) is 19.1. The van der Waals surface area contributed by atoms with Gasteiger partial charge in [-0.15, -0.1) is 0 Å². The number of anilines is 1. The van der Waals surface area contributed by atoms with Gasteiger partial charge >= 0.3 is 0 Å². The molecule has 0 radical (unpaired) electrons. The number of nitrogens with one attached hydrogen (secondary N) is 4. The van der Waals surface area contributed by atoms with E-state index in [-0.39, 0.29) is 17.8 Å². The number of para-hydroxylation sites is 1. The first-order valence-electron chi connectivity index (χ1n) is 12.8. The predicted octanol–water partition coefficient (Wildman–Crippen LogP) is -3.76. The Kier molecular flexibility index (Phi) is 12.0. The van der Waals surface area contributed by atoms with E-state index in [2.05, 4.69) is 21.3 Å². The van der Waals surface area contributed by atoms with Crippen LogP contribution < -0.4 is 27.0 Å². The van der Waals surface area contributed by atoms with Gasteiger partial charge in [0.25, 0.3) is 5.91 Å². The molecule has 1 aliphatic heterocycles. The number of hydrogen-bond acceptors (Lipinski definition) is 12. The topological polar surface area (TPSA) is 262 Å². The van der Waals surface area contributed by atoms with Crippen molar-refractivity contribution in [1.29, 1.82) is 0 Å². The molecule has 1 saturated heterocycles. The molecule has 230 valence electrons. The summed E-state index contributed by atoms with van der Waals surface area (Å²) >= 11 is 0. The van der Waals surface area contributed by atoms with Crippen LogP contribution >= 0.6 is 0 Å². The van der Waals surface area contributed by atoms with Gasteiger partial charge in [0.05, 0.1) is 30.4 Å². The summed E-state index contributed by atoms with van der Waals surface area (Å²) in [5.41, 5.74) is 3.07. The van der Waals surface area contributed by atoms with Crippen LogP contribution in [0.2, 0.25) is 0 Å². The molecule has 1 aliphatic rings. The van der Waals surface area contributed by atoms with E-state index in [1.807, 2.05) is 0 Å². The van der Waals surface area contributed by atoms with Crippen LogP contribution in [0, 0.1) is 0 Å². The highest BCUT2D eigenvalue weighted by molar-refractivity contribution is 5.98. The van der Waals surface area contributed by atoms with Gasteiger partial charge in [-0.3, -0.25) is 19.2 Å². The molecule has 11 N–H and O–H groups in total. The lowest BCUT2D eigenvalue weighted by atomic mass is 9.92. The molecule has 1 aromatic carbocycles. The van der Waals surface area contributed by atoms with Crippen LogP contribution in [0.1, 0.15) is 38.1 Å². The number of ether oxygens (including phenoxy) is 2. The van der Waals surface area contributed by atoms with Crippen molar-refractivity contribution in [2.75, 3.05) is 18.5 Å². The summed E-state index contributed by atoms with van der Waals surface area (Å²) in [6.07, 6.45) is -10.3. The zero-order chi connectivity index (χ0) is 31.1. The molecule has 16 heteroatoms. The van der Waals surface area contributed by atoms with Crippen molar-refractivity contribution in [3.05, 3.63) is 29.8 Å². The van der Waals surface area contributed by atoms with E-state index >= 15 is 0 Å². The van der Waals surface area contributed by atoms with Gasteiger partial charge in [-0.1, -0.05) is 12.1 Å². The van der Waals surface area contributed by atoms with Crippen LogP contribution in [0.15, 0.2) is 24.3 Å². The zero-order valence-corrected chi connectivity index (χ0v) is 23.1. The number of aliphatic hydroxyl groups excluding tert-OH is 4. The fourth-order valence-corrected chi connectivity index (χ4v) is 4.51. The third-order valence-electron chi connectivity index (χ3n) is 6.38. The molecule has 0 aromatic heterocycles. The SMILES string of the molecule is CC(=O)N[C@@H]([C@H](O[C@H]1O[C@H](CO)[C@@H](O)[C@H](O)[C@]1(O)NC(C)=O)[C@H](CNc1ccccc1C(N)=O)NC(C)=O)[C@@H](C)O. The second-order valence-electron chi connectivity index (χ2n) is 9.80. The third-order valence-corrected chi connectivity index (χ3v) is 6.38. The molecule has 4 amide bonds. The fraction of sp³-hybridized carbons (Fsp3) is 0.600. The average Bonchev–Trinajstić information content (AvgIpc) is 2.88. The summed E-state index contributed by atoms with van der Waals surface area (Å²) in [4.78, 5) is 48.2. The lowest BCUT2D eigenvalue weighted by Crippen LogP contribution is -2.75. The van der Waals surface area contributed by atoms with Gasteiger partial charge < -0.3 is 62.0 Å². The maximum atomic E-state index is 12.3. The highest BCUT2D eigenvalue weighted by Crippen LogP contribution is 2.31. The second-order valence-corrected chi connectivity index (χ2v) is 9.80. The van der Waals surface area contributed by atoms with Gasteiger partial charge in [-0.25, -0.2) is 0 Å². The van der Waals surface area contributed by atoms with Crippen molar-refractivity contribution in [2.24, 2.45) is 5.73 Å². The number of hydrogen-bond donors (Lipinski definition) is 10. The number of carbonyl (C=O) groups is 4.